The lowest BCUT2D eigenvalue weighted by Gasteiger charge is -2.37. The predicted molar refractivity (Wildman–Crippen MR) is 167 cm³/mol. The Morgan fingerprint density at radius 2 is 1.78 bits per heavy atom. The smallest absolute Gasteiger partial charge is 0.274 e. The molecule has 1 fully saturated rings. The first-order chi connectivity index (χ1) is 21.3. The molecular formula is C31H26Cl2F3N7O2. The average Bonchev–Trinajstić information content (AvgIpc) is 3.03. The van der Waals surface area contributed by atoms with Crippen LogP contribution < -0.4 is 16.2 Å². The summed E-state index contributed by atoms with van der Waals surface area (Å²) in [5.41, 5.74) is 4.33. The SMILES string of the molecule is C=CC(=O)N1CCN(c2c(Cl)c(-c3c(F)c(F)c(F)c(N)c3Cl)nc3c2cc(C#N)c(=O)n3-c2c(C)ccnc2C(C)C)CC1. The van der Waals surface area contributed by atoms with Gasteiger partial charge < -0.3 is 15.5 Å². The van der Waals surface area contributed by atoms with Gasteiger partial charge in [0.1, 0.15) is 17.3 Å². The molecular weight excluding hydrogens is 630 g/mol. The topological polar surface area (TPSA) is 121 Å². The van der Waals surface area contributed by atoms with Crippen molar-refractivity contribution in [2.24, 2.45) is 0 Å². The van der Waals surface area contributed by atoms with E-state index in [-0.39, 0.29) is 65.3 Å². The number of nitrogens with two attached hydrogens (primary N) is 1. The number of carbonyl (C=O) groups excluding carboxylic acids is 1. The molecule has 0 radical (unpaired) electrons. The Labute approximate surface area is 265 Å². The quantitative estimate of drug-likeness (QED) is 0.123. The fourth-order valence-corrected chi connectivity index (χ4v) is 6.08. The first-order valence-electron chi connectivity index (χ1n) is 13.8. The molecule has 4 aromatic rings. The summed E-state index contributed by atoms with van der Waals surface area (Å²) in [5.74, 6) is -5.71. The van der Waals surface area contributed by atoms with Gasteiger partial charge in [-0.15, -0.1) is 0 Å². The molecule has 232 valence electrons. The number of halogens is 5. The van der Waals surface area contributed by atoms with Crippen LogP contribution in [0, 0.1) is 35.7 Å². The van der Waals surface area contributed by atoms with E-state index in [1.54, 1.807) is 29.0 Å². The molecule has 1 aliphatic heterocycles. The van der Waals surface area contributed by atoms with Crippen LogP contribution in [-0.4, -0.2) is 51.5 Å². The number of benzene rings is 1. The van der Waals surface area contributed by atoms with Gasteiger partial charge in [-0.2, -0.15) is 5.26 Å². The van der Waals surface area contributed by atoms with Crippen LogP contribution in [0.4, 0.5) is 24.5 Å². The summed E-state index contributed by atoms with van der Waals surface area (Å²) >= 11 is 13.3. The first kappa shape index (κ1) is 31.8. The van der Waals surface area contributed by atoms with Crippen molar-refractivity contribution < 1.29 is 18.0 Å². The second-order valence-corrected chi connectivity index (χ2v) is 11.5. The molecule has 45 heavy (non-hydrogen) atoms. The standard InChI is InChI=1S/C31H26Cl2F3N7O2/c1-5-18(44)41-8-10-42(11-9-41)29-17-12-16(13-37)31(45)43(28-15(4)6-7-39-26(28)14(2)3)30(17)40-27(21(29)33)19-20(32)25(38)24(36)23(35)22(19)34/h5-7,12,14H,1,8-11,38H2,2-4H3. The van der Waals surface area contributed by atoms with Gasteiger partial charge in [-0.25, -0.2) is 18.2 Å². The largest absolute Gasteiger partial charge is 0.395 e. The average molecular weight is 656 g/mol. The Kier molecular flexibility index (Phi) is 8.53. The molecule has 9 nitrogen and oxygen atoms in total. The van der Waals surface area contributed by atoms with Crippen LogP contribution in [-0.2, 0) is 4.79 Å². The number of hydrogen-bond donors (Lipinski definition) is 1. The third-order valence-corrected chi connectivity index (χ3v) is 8.48. The molecule has 3 aromatic heterocycles. The number of piperazine rings is 1. The molecule has 1 amide bonds. The maximum atomic E-state index is 15.5. The second kappa shape index (κ2) is 12.1. The molecule has 0 aliphatic carbocycles. The van der Waals surface area contributed by atoms with E-state index in [9.17, 15) is 23.6 Å². The number of aryl methyl sites for hydroxylation is 1. The monoisotopic (exact) mass is 655 g/mol. The van der Waals surface area contributed by atoms with Crippen molar-refractivity contribution in [3.8, 4) is 23.0 Å². The lowest BCUT2D eigenvalue weighted by atomic mass is 10.0. The van der Waals surface area contributed by atoms with E-state index in [1.165, 1.54) is 16.7 Å². The number of carbonyl (C=O) groups is 1. The second-order valence-electron chi connectivity index (χ2n) is 10.7. The Hall–Kier alpha value is -4.60. The number of nitrogen functional groups attached to an aromatic ring is 1. The Morgan fingerprint density at radius 1 is 1.11 bits per heavy atom. The van der Waals surface area contributed by atoms with Crippen LogP contribution in [0.5, 0.6) is 0 Å². The van der Waals surface area contributed by atoms with Crippen LogP contribution in [0.2, 0.25) is 10.0 Å². The van der Waals surface area contributed by atoms with Crippen molar-refractivity contribution in [2.45, 2.75) is 26.7 Å². The van der Waals surface area contributed by atoms with E-state index in [2.05, 4.69) is 16.5 Å². The number of anilines is 2. The van der Waals surface area contributed by atoms with Crippen molar-refractivity contribution in [1.29, 1.82) is 5.26 Å². The highest BCUT2D eigenvalue weighted by molar-refractivity contribution is 6.40. The van der Waals surface area contributed by atoms with Crippen molar-refractivity contribution in [3.63, 3.8) is 0 Å². The van der Waals surface area contributed by atoms with Crippen molar-refractivity contribution in [1.82, 2.24) is 19.4 Å². The zero-order valence-corrected chi connectivity index (χ0v) is 25.9. The zero-order chi connectivity index (χ0) is 32.9. The Morgan fingerprint density at radius 3 is 2.38 bits per heavy atom. The maximum Gasteiger partial charge on any atom is 0.274 e. The number of hydrogen-bond acceptors (Lipinski definition) is 7. The summed E-state index contributed by atoms with van der Waals surface area (Å²) in [6, 6.07) is 4.94. The molecule has 0 spiro atoms. The molecule has 0 unspecified atom stereocenters. The van der Waals surface area contributed by atoms with Gasteiger partial charge in [0.25, 0.3) is 5.56 Å². The Bertz CT molecular complexity index is 1990. The molecule has 2 N–H and O–H groups in total. The molecule has 0 atom stereocenters. The summed E-state index contributed by atoms with van der Waals surface area (Å²) < 4.78 is 45.9. The number of nitriles is 1. The molecule has 4 heterocycles. The van der Waals surface area contributed by atoms with E-state index in [0.29, 0.717) is 16.9 Å². The van der Waals surface area contributed by atoms with Crippen LogP contribution in [0.1, 0.15) is 36.6 Å². The molecule has 0 saturated carbocycles. The minimum absolute atomic E-state index is 0.0743. The minimum atomic E-state index is -1.88. The summed E-state index contributed by atoms with van der Waals surface area (Å²) in [6.45, 7) is 9.95. The van der Waals surface area contributed by atoms with E-state index >= 15 is 4.39 Å². The van der Waals surface area contributed by atoms with Crippen LogP contribution in [0.25, 0.3) is 28.0 Å². The molecule has 1 saturated heterocycles. The molecule has 0 bridgehead atoms. The lowest BCUT2D eigenvalue weighted by Crippen LogP contribution is -2.48. The highest BCUT2D eigenvalue weighted by Gasteiger charge is 2.32. The van der Waals surface area contributed by atoms with Gasteiger partial charge >= 0.3 is 0 Å². The third-order valence-electron chi connectivity index (χ3n) is 7.73. The van der Waals surface area contributed by atoms with Crippen molar-refractivity contribution in [2.75, 3.05) is 36.8 Å². The number of pyridine rings is 3. The van der Waals surface area contributed by atoms with Crippen LogP contribution in [0.3, 0.4) is 0 Å². The number of nitrogens with zero attached hydrogens (tertiary/aromatic N) is 6. The van der Waals surface area contributed by atoms with Gasteiger partial charge in [-0.05, 0) is 36.6 Å². The van der Waals surface area contributed by atoms with Gasteiger partial charge in [0.15, 0.2) is 17.5 Å². The third kappa shape index (κ3) is 5.15. The van der Waals surface area contributed by atoms with E-state index < -0.39 is 45.0 Å². The molecule has 14 heteroatoms. The molecule has 1 aromatic carbocycles. The summed E-state index contributed by atoms with van der Waals surface area (Å²) in [6.07, 6.45) is 2.78. The fourth-order valence-electron chi connectivity index (χ4n) is 5.46. The minimum Gasteiger partial charge on any atom is -0.395 e. The van der Waals surface area contributed by atoms with Gasteiger partial charge in [0.2, 0.25) is 5.91 Å². The maximum absolute atomic E-state index is 15.5. The van der Waals surface area contributed by atoms with Gasteiger partial charge in [0.05, 0.1) is 44.1 Å². The van der Waals surface area contributed by atoms with E-state index in [1.807, 2.05) is 19.9 Å². The number of aromatic nitrogens is 3. The molecule has 1 aliphatic rings. The van der Waals surface area contributed by atoms with Crippen LogP contribution >= 0.6 is 23.2 Å². The van der Waals surface area contributed by atoms with Crippen LogP contribution in [0.15, 0.2) is 35.8 Å². The fraction of sp³-hybridized carbons (Fsp3) is 0.258. The van der Waals surface area contributed by atoms with Gasteiger partial charge in [-0.1, -0.05) is 43.6 Å². The lowest BCUT2D eigenvalue weighted by molar-refractivity contribution is -0.126. The van der Waals surface area contributed by atoms with E-state index in [4.69, 9.17) is 28.9 Å². The molecule has 5 rings (SSSR count). The van der Waals surface area contributed by atoms with Gasteiger partial charge in [-0.3, -0.25) is 19.1 Å². The number of amides is 1. The summed E-state index contributed by atoms with van der Waals surface area (Å²) in [4.78, 5) is 38.6. The van der Waals surface area contributed by atoms with E-state index in [0.717, 1.165) is 0 Å². The summed E-state index contributed by atoms with van der Waals surface area (Å²) in [5, 5.41) is 9.36. The zero-order valence-electron chi connectivity index (χ0n) is 24.4. The van der Waals surface area contributed by atoms with Crippen molar-refractivity contribution >= 4 is 51.5 Å². The number of rotatable bonds is 5. The first-order valence-corrected chi connectivity index (χ1v) is 14.5. The van der Waals surface area contributed by atoms with Gasteiger partial charge in [0, 0.05) is 37.8 Å². The Balaban J connectivity index is 1.97. The highest BCUT2D eigenvalue weighted by atomic mass is 35.5. The number of fused-ring (bicyclic) bond motifs is 1. The predicted octanol–water partition coefficient (Wildman–Crippen LogP) is 5.89. The summed E-state index contributed by atoms with van der Waals surface area (Å²) in [7, 11) is 0. The normalized spacial score (nSPS) is 13.4. The highest BCUT2D eigenvalue weighted by Crippen LogP contribution is 2.46. The van der Waals surface area contributed by atoms with Crippen molar-refractivity contribution in [3.05, 3.63) is 85.7 Å².